The van der Waals surface area contributed by atoms with E-state index in [1.165, 1.54) is 11.0 Å². The summed E-state index contributed by atoms with van der Waals surface area (Å²) in [5.74, 6) is -0.633. The molecule has 2 amide bonds. The molecule has 0 aliphatic rings. The van der Waals surface area contributed by atoms with Gasteiger partial charge in [-0.1, -0.05) is 43.5 Å². The van der Waals surface area contributed by atoms with Gasteiger partial charge in [-0.15, -0.1) is 0 Å². The van der Waals surface area contributed by atoms with Gasteiger partial charge >= 0.3 is 0 Å². The Bertz CT molecular complexity index is 492. The van der Waals surface area contributed by atoms with E-state index in [1.807, 2.05) is 30.3 Å². The molecule has 0 fully saturated rings. The molecule has 0 aromatic heterocycles. The zero-order chi connectivity index (χ0) is 14.1. The van der Waals surface area contributed by atoms with E-state index >= 15 is 0 Å². The molecular weight excluding hydrogens is 240 g/mol. The second kappa shape index (κ2) is 7.66. The van der Waals surface area contributed by atoms with E-state index in [0.29, 0.717) is 0 Å². The van der Waals surface area contributed by atoms with Gasteiger partial charge in [0.15, 0.2) is 0 Å². The van der Waals surface area contributed by atoms with Crippen LogP contribution in [0.2, 0.25) is 0 Å². The lowest BCUT2D eigenvalue weighted by Gasteiger charge is -2.16. The van der Waals surface area contributed by atoms with Crippen LogP contribution < -0.4 is 5.32 Å². The number of nitrogens with one attached hydrogen (secondary N) is 1. The highest BCUT2D eigenvalue weighted by atomic mass is 16.2. The third-order valence-corrected chi connectivity index (χ3v) is 2.31. The summed E-state index contributed by atoms with van der Waals surface area (Å²) in [5, 5.41) is 2.53. The number of hydrogen-bond donors (Lipinski definition) is 1. The Morgan fingerprint density at radius 3 is 2.42 bits per heavy atom. The maximum absolute atomic E-state index is 11.6. The van der Waals surface area contributed by atoms with Gasteiger partial charge in [0.2, 0.25) is 5.91 Å². The molecule has 0 spiro atoms. The molecule has 4 heteroatoms. The fraction of sp³-hybridized carbons (Fsp3) is 0.0667. The van der Waals surface area contributed by atoms with Gasteiger partial charge < -0.3 is 5.32 Å². The molecule has 0 radical (unpaired) electrons. The van der Waals surface area contributed by atoms with Crippen molar-refractivity contribution in [1.82, 2.24) is 10.2 Å². The van der Waals surface area contributed by atoms with Crippen LogP contribution in [0, 0.1) is 0 Å². The van der Waals surface area contributed by atoms with Crippen LogP contribution in [0.25, 0.3) is 6.08 Å². The summed E-state index contributed by atoms with van der Waals surface area (Å²) in [6.45, 7) is 6.84. The third kappa shape index (κ3) is 5.04. The fourth-order valence-corrected chi connectivity index (χ4v) is 1.30. The number of nitrogens with zero attached hydrogens (tertiary/aromatic N) is 1. The lowest BCUT2D eigenvalue weighted by atomic mass is 10.2. The molecule has 0 saturated carbocycles. The number of benzene rings is 1. The van der Waals surface area contributed by atoms with Crippen LogP contribution in [0.15, 0.2) is 61.8 Å². The average Bonchev–Trinajstić information content (AvgIpc) is 2.47. The van der Waals surface area contributed by atoms with Crippen molar-refractivity contribution in [2.24, 2.45) is 0 Å². The van der Waals surface area contributed by atoms with Gasteiger partial charge in [-0.3, -0.25) is 14.5 Å². The molecule has 0 bridgehead atoms. The Balaban J connectivity index is 2.72. The first kappa shape index (κ1) is 14.4. The highest BCUT2D eigenvalue weighted by Crippen LogP contribution is 2.02. The predicted molar refractivity (Wildman–Crippen MR) is 75.7 cm³/mol. The summed E-state index contributed by atoms with van der Waals surface area (Å²) >= 11 is 0. The summed E-state index contributed by atoms with van der Waals surface area (Å²) < 4.78 is 0. The summed E-state index contributed by atoms with van der Waals surface area (Å²) in [4.78, 5) is 24.0. The topological polar surface area (TPSA) is 49.4 Å². The van der Waals surface area contributed by atoms with E-state index in [9.17, 15) is 9.59 Å². The molecule has 0 aliphatic carbocycles. The van der Waals surface area contributed by atoms with E-state index in [4.69, 9.17) is 0 Å². The zero-order valence-corrected chi connectivity index (χ0v) is 10.6. The van der Waals surface area contributed by atoms with Crippen molar-refractivity contribution < 1.29 is 9.59 Å². The highest BCUT2D eigenvalue weighted by Gasteiger charge is 2.06. The number of hydrogen-bond acceptors (Lipinski definition) is 2. The molecule has 1 rings (SSSR count). The zero-order valence-electron chi connectivity index (χ0n) is 10.6. The summed E-state index contributed by atoms with van der Waals surface area (Å²) in [5.41, 5.74) is 0.958. The molecular formula is C15H16N2O2. The Labute approximate surface area is 112 Å². The normalized spacial score (nSPS) is 9.89. The van der Waals surface area contributed by atoms with Gasteiger partial charge in [0.05, 0.1) is 6.67 Å². The van der Waals surface area contributed by atoms with Crippen molar-refractivity contribution in [2.75, 3.05) is 6.67 Å². The van der Waals surface area contributed by atoms with Crippen LogP contribution in [-0.2, 0) is 9.59 Å². The van der Waals surface area contributed by atoms with Crippen LogP contribution in [-0.4, -0.2) is 23.4 Å². The van der Waals surface area contributed by atoms with Gasteiger partial charge in [0.25, 0.3) is 5.91 Å². The number of carbonyl (C=O) groups is 2. The maximum Gasteiger partial charge on any atom is 0.251 e. The molecule has 0 saturated heterocycles. The molecule has 0 unspecified atom stereocenters. The van der Waals surface area contributed by atoms with Crippen molar-refractivity contribution in [3.63, 3.8) is 0 Å². The van der Waals surface area contributed by atoms with Crippen LogP contribution >= 0.6 is 0 Å². The smallest absolute Gasteiger partial charge is 0.251 e. The van der Waals surface area contributed by atoms with E-state index in [1.54, 1.807) is 12.3 Å². The standard InChI is InChI=1S/C15H16N2O2/c1-3-14(18)16-12-17(15(19)4-2)11-10-13-8-6-5-7-9-13/h3-11H,1-2,12H2,(H,16,18). The van der Waals surface area contributed by atoms with Crippen LogP contribution in [0.4, 0.5) is 0 Å². The third-order valence-electron chi connectivity index (χ3n) is 2.31. The molecule has 1 aromatic carbocycles. The summed E-state index contributed by atoms with van der Waals surface area (Å²) in [6, 6.07) is 9.54. The first-order valence-corrected chi connectivity index (χ1v) is 5.74. The minimum atomic E-state index is -0.338. The molecule has 0 atom stereocenters. The SMILES string of the molecule is C=CC(=O)NCN(C=Cc1ccccc1)C(=O)C=C. The molecule has 98 valence electrons. The van der Waals surface area contributed by atoms with E-state index in [2.05, 4.69) is 18.5 Å². The summed E-state index contributed by atoms with van der Waals surface area (Å²) in [7, 11) is 0. The van der Waals surface area contributed by atoms with Crippen molar-refractivity contribution in [3.8, 4) is 0 Å². The molecule has 1 aromatic rings. The Kier molecular flexibility index (Phi) is 5.82. The number of amides is 2. The minimum absolute atomic E-state index is 0.0685. The molecule has 0 aliphatic heterocycles. The molecule has 0 heterocycles. The first-order chi connectivity index (χ1) is 9.17. The van der Waals surface area contributed by atoms with Gasteiger partial charge in [-0.25, -0.2) is 0 Å². The Hall–Kier alpha value is -2.62. The maximum atomic E-state index is 11.6. The van der Waals surface area contributed by atoms with Crippen molar-refractivity contribution >= 4 is 17.9 Å². The first-order valence-electron chi connectivity index (χ1n) is 5.74. The van der Waals surface area contributed by atoms with E-state index in [0.717, 1.165) is 11.6 Å². The van der Waals surface area contributed by atoms with Gasteiger partial charge in [-0.05, 0) is 23.8 Å². The average molecular weight is 256 g/mol. The van der Waals surface area contributed by atoms with Crippen LogP contribution in [0.5, 0.6) is 0 Å². The van der Waals surface area contributed by atoms with Gasteiger partial charge in [0.1, 0.15) is 0 Å². The number of rotatable bonds is 6. The Morgan fingerprint density at radius 2 is 1.84 bits per heavy atom. The predicted octanol–water partition coefficient (Wildman–Crippen LogP) is 1.93. The highest BCUT2D eigenvalue weighted by molar-refractivity contribution is 5.90. The van der Waals surface area contributed by atoms with E-state index in [-0.39, 0.29) is 18.5 Å². The fourth-order valence-electron chi connectivity index (χ4n) is 1.30. The minimum Gasteiger partial charge on any atom is -0.335 e. The van der Waals surface area contributed by atoms with Gasteiger partial charge in [0, 0.05) is 6.20 Å². The van der Waals surface area contributed by atoms with E-state index < -0.39 is 0 Å². The quantitative estimate of drug-likeness (QED) is 0.624. The monoisotopic (exact) mass is 256 g/mol. The molecule has 4 nitrogen and oxygen atoms in total. The summed E-state index contributed by atoms with van der Waals surface area (Å²) in [6.07, 6.45) is 5.72. The largest absolute Gasteiger partial charge is 0.335 e. The van der Waals surface area contributed by atoms with Crippen molar-refractivity contribution in [2.45, 2.75) is 0 Å². The van der Waals surface area contributed by atoms with Crippen molar-refractivity contribution in [1.29, 1.82) is 0 Å². The lowest BCUT2D eigenvalue weighted by Crippen LogP contribution is -2.36. The molecule has 19 heavy (non-hydrogen) atoms. The van der Waals surface area contributed by atoms with Gasteiger partial charge in [-0.2, -0.15) is 0 Å². The van der Waals surface area contributed by atoms with Crippen molar-refractivity contribution in [3.05, 3.63) is 67.4 Å². The van der Waals surface area contributed by atoms with Crippen LogP contribution in [0.1, 0.15) is 5.56 Å². The Morgan fingerprint density at radius 1 is 1.16 bits per heavy atom. The second-order valence-corrected chi connectivity index (χ2v) is 3.64. The number of carbonyl (C=O) groups excluding carboxylic acids is 2. The van der Waals surface area contributed by atoms with Crippen LogP contribution in [0.3, 0.4) is 0 Å². The lowest BCUT2D eigenvalue weighted by molar-refractivity contribution is -0.124. The second-order valence-electron chi connectivity index (χ2n) is 3.64. The molecule has 1 N–H and O–H groups in total.